The Kier molecular flexibility index (Phi) is 6.37. The lowest BCUT2D eigenvalue weighted by atomic mass is 10.1. The van der Waals surface area contributed by atoms with Crippen LogP contribution in [-0.4, -0.2) is 54.8 Å². The molecule has 2 aromatic carbocycles. The number of nitrogens with zero attached hydrogens (tertiary/aromatic N) is 5. The second kappa shape index (κ2) is 9.46. The summed E-state index contributed by atoms with van der Waals surface area (Å²) >= 11 is 6.58. The number of benzene rings is 2. The fourth-order valence-corrected chi connectivity index (χ4v) is 6.05. The summed E-state index contributed by atoms with van der Waals surface area (Å²) in [6.45, 7) is 1.58. The van der Waals surface area contributed by atoms with Crippen LogP contribution in [0.1, 0.15) is 53.9 Å². The van der Waals surface area contributed by atoms with Gasteiger partial charge in [0.25, 0.3) is 10.0 Å². The number of aromatic nitrogens is 4. The third kappa shape index (κ3) is 4.83. The molecule has 5 rings (SSSR count). The molecular weight excluding hydrogens is 492 g/mol. The molecule has 0 atom stereocenters. The number of piperidine rings is 1. The highest BCUT2D eigenvalue weighted by molar-refractivity contribution is 7.92. The number of esters is 1. The standard InChI is InChI=1S/C23H25ClN6O4S/c1-34-23(31)16-7-8-17(15-5-6-15)22(11-16)35(32,33)26-19-13-20(30-14-25-27-28-30)18(24)12-21(19)29-9-3-2-4-10-29/h7-8,11-15,26H,2-6,9-10H2,1H3. The van der Waals surface area contributed by atoms with Crippen molar-refractivity contribution in [3.05, 3.63) is 52.8 Å². The number of tetrazole rings is 1. The zero-order valence-corrected chi connectivity index (χ0v) is 20.7. The quantitative estimate of drug-likeness (QED) is 0.471. The summed E-state index contributed by atoms with van der Waals surface area (Å²) in [6, 6.07) is 8.09. The SMILES string of the molecule is COC(=O)c1ccc(C2CC2)c(S(=O)(=O)Nc2cc(-n3cnnn3)c(Cl)cc2N2CCCCC2)c1. The lowest BCUT2D eigenvalue weighted by Gasteiger charge is -2.31. The Morgan fingerprint density at radius 1 is 1.11 bits per heavy atom. The van der Waals surface area contributed by atoms with Crippen molar-refractivity contribution in [2.75, 3.05) is 29.8 Å². The number of carbonyl (C=O) groups is 1. The Labute approximate surface area is 208 Å². The Morgan fingerprint density at radius 2 is 1.89 bits per heavy atom. The number of anilines is 2. The van der Waals surface area contributed by atoms with Crippen LogP contribution in [-0.2, 0) is 14.8 Å². The molecule has 0 spiro atoms. The molecule has 1 saturated carbocycles. The number of carbonyl (C=O) groups excluding carboxylic acids is 1. The minimum absolute atomic E-state index is 0.0754. The largest absolute Gasteiger partial charge is 0.465 e. The van der Waals surface area contributed by atoms with Crippen LogP contribution < -0.4 is 9.62 Å². The number of rotatable bonds is 7. The van der Waals surface area contributed by atoms with Gasteiger partial charge in [-0.3, -0.25) is 4.72 Å². The van der Waals surface area contributed by atoms with Crippen LogP contribution in [0, 0.1) is 0 Å². The summed E-state index contributed by atoms with van der Waals surface area (Å²) in [5, 5.41) is 11.6. The first-order valence-corrected chi connectivity index (χ1v) is 13.3. The molecule has 3 aromatic rings. The van der Waals surface area contributed by atoms with Crippen LogP contribution in [0.3, 0.4) is 0 Å². The zero-order valence-electron chi connectivity index (χ0n) is 19.1. The minimum atomic E-state index is -4.06. The van der Waals surface area contributed by atoms with Crippen LogP contribution >= 0.6 is 11.6 Å². The molecule has 12 heteroatoms. The predicted molar refractivity (Wildman–Crippen MR) is 131 cm³/mol. The minimum Gasteiger partial charge on any atom is -0.465 e. The van der Waals surface area contributed by atoms with Gasteiger partial charge in [-0.1, -0.05) is 17.7 Å². The zero-order chi connectivity index (χ0) is 24.6. The second-order valence-electron chi connectivity index (χ2n) is 8.75. The van der Waals surface area contributed by atoms with Crippen LogP contribution in [0.2, 0.25) is 5.02 Å². The summed E-state index contributed by atoms with van der Waals surface area (Å²) in [5.74, 6) is -0.442. The number of halogens is 1. The highest BCUT2D eigenvalue weighted by atomic mass is 35.5. The molecule has 0 bridgehead atoms. The molecule has 0 unspecified atom stereocenters. The maximum Gasteiger partial charge on any atom is 0.337 e. The third-order valence-electron chi connectivity index (χ3n) is 6.34. The lowest BCUT2D eigenvalue weighted by Crippen LogP contribution is -2.30. The molecule has 0 radical (unpaired) electrons. The van der Waals surface area contributed by atoms with Gasteiger partial charge in [0, 0.05) is 13.1 Å². The van der Waals surface area contributed by atoms with Crippen molar-refractivity contribution in [1.82, 2.24) is 20.2 Å². The fourth-order valence-electron chi connectivity index (χ4n) is 4.42. The van der Waals surface area contributed by atoms with Crippen molar-refractivity contribution >= 4 is 39.0 Å². The van der Waals surface area contributed by atoms with E-state index in [1.165, 1.54) is 24.2 Å². The van der Waals surface area contributed by atoms with Gasteiger partial charge < -0.3 is 9.64 Å². The Bertz CT molecular complexity index is 1350. The van der Waals surface area contributed by atoms with Gasteiger partial charge in [0.1, 0.15) is 6.33 Å². The van der Waals surface area contributed by atoms with E-state index in [0.29, 0.717) is 27.6 Å². The van der Waals surface area contributed by atoms with Crippen molar-refractivity contribution in [3.63, 3.8) is 0 Å². The molecule has 1 saturated heterocycles. The van der Waals surface area contributed by atoms with Gasteiger partial charge in [-0.05, 0) is 78.3 Å². The average molecular weight is 517 g/mol. The van der Waals surface area contributed by atoms with Gasteiger partial charge in [-0.2, -0.15) is 4.68 Å². The molecule has 2 fully saturated rings. The smallest absolute Gasteiger partial charge is 0.337 e. The monoisotopic (exact) mass is 516 g/mol. The maximum absolute atomic E-state index is 13.8. The van der Waals surface area contributed by atoms with Crippen molar-refractivity contribution in [2.24, 2.45) is 0 Å². The Balaban J connectivity index is 1.60. The number of nitrogens with one attached hydrogen (secondary N) is 1. The normalized spacial score (nSPS) is 16.2. The van der Waals surface area contributed by atoms with E-state index in [-0.39, 0.29) is 16.4 Å². The molecule has 10 nitrogen and oxygen atoms in total. The number of methoxy groups -OCH3 is 1. The highest BCUT2D eigenvalue weighted by Crippen LogP contribution is 2.44. The summed E-state index contributed by atoms with van der Waals surface area (Å²) in [6.07, 6.45) is 6.34. The number of hydrogen-bond donors (Lipinski definition) is 1. The Hall–Kier alpha value is -3.18. The van der Waals surface area contributed by atoms with Gasteiger partial charge in [0.05, 0.1) is 39.7 Å². The van der Waals surface area contributed by atoms with E-state index < -0.39 is 16.0 Å². The van der Waals surface area contributed by atoms with E-state index in [4.69, 9.17) is 16.3 Å². The third-order valence-corrected chi connectivity index (χ3v) is 8.07. The molecule has 1 aliphatic carbocycles. The van der Waals surface area contributed by atoms with E-state index in [2.05, 4.69) is 25.1 Å². The van der Waals surface area contributed by atoms with Crippen LogP contribution in [0.25, 0.3) is 5.69 Å². The highest BCUT2D eigenvalue weighted by Gasteiger charge is 2.32. The molecule has 35 heavy (non-hydrogen) atoms. The Morgan fingerprint density at radius 3 is 2.54 bits per heavy atom. The van der Waals surface area contributed by atoms with Crippen LogP contribution in [0.5, 0.6) is 0 Å². The first-order valence-electron chi connectivity index (χ1n) is 11.4. The number of sulfonamides is 1. The van der Waals surface area contributed by atoms with Crippen LogP contribution in [0.15, 0.2) is 41.6 Å². The second-order valence-corrected chi connectivity index (χ2v) is 10.8. The summed E-state index contributed by atoms with van der Waals surface area (Å²) in [4.78, 5) is 14.3. The first-order chi connectivity index (χ1) is 16.9. The van der Waals surface area contributed by atoms with E-state index in [1.807, 2.05) is 0 Å². The van der Waals surface area contributed by atoms with E-state index in [9.17, 15) is 13.2 Å². The fraction of sp³-hybridized carbons (Fsp3) is 0.391. The van der Waals surface area contributed by atoms with Crippen molar-refractivity contribution in [3.8, 4) is 5.69 Å². The molecule has 0 amide bonds. The molecule has 2 aliphatic rings. The molecule has 1 N–H and O–H groups in total. The average Bonchev–Trinajstić information content (AvgIpc) is 3.58. The van der Waals surface area contributed by atoms with E-state index >= 15 is 0 Å². The summed E-state index contributed by atoms with van der Waals surface area (Å²) < 4.78 is 36.5. The molecule has 184 valence electrons. The van der Waals surface area contributed by atoms with E-state index in [1.54, 1.807) is 24.3 Å². The number of hydrogen-bond acceptors (Lipinski definition) is 8. The molecular formula is C23H25ClN6O4S. The summed E-state index contributed by atoms with van der Waals surface area (Å²) in [7, 11) is -2.79. The van der Waals surface area contributed by atoms with Gasteiger partial charge in [-0.15, -0.1) is 5.10 Å². The predicted octanol–water partition coefficient (Wildman–Crippen LogP) is 3.77. The first kappa shape index (κ1) is 23.6. The van der Waals surface area contributed by atoms with Gasteiger partial charge in [-0.25, -0.2) is 13.2 Å². The number of ether oxygens (including phenoxy) is 1. The van der Waals surface area contributed by atoms with Gasteiger partial charge in [0.2, 0.25) is 0 Å². The van der Waals surface area contributed by atoms with Crippen molar-refractivity contribution < 1.29 is 17.9 Å². The van der Waals surface area contributed by atoms with Gasteiger partial charge in [0.15, 0.2) is 0 Å². The molecule has 1 aromatic heterocycles. The van der Waals surface area contributed by atoms with Gasteiger partial charge >= 0.3 is 5.97 Å². The molecule has 1 aliphatic heterocycles. The van der Waals surface area contributed by atoms with E-state index in [0.717, 1.165) is 45.2 Å². The summed E-state index contributed by atoms with van der Waals surface area (Å²) in [5.41, 5.74) is 2.37. The maximum atomic E-state index is 13.8. The van der Waals surface area contributed by atoms with Crippen molar-refractivity contribution in [1.29, 1.82) is 0 Å². The van der Waals surface area contributed by atoms with Crippen molar-refractivity contribution in [2.45, 2.75) is 42.9 Å². The molecule has 2 heterocycles. The topological polar surface area (TPSA) is 119 Å². The lowest BCUT2D eigenvalue weighted by molar-refractivity contribution is 0.0600. The van der Waals surface area contributed by atoms with Crippen LogP contribution in [0.4, 0.5) is 11.4 Å².